The summed E-state index contributed by atoms with van der Waals surface area (Å²) < 4.78 is 5.14. The molecule has 8 nitrogen and oxygen atoms in total. The molecule has 1 atom stereocenters. The minimum atomic E-state index is -1.06. The van der Waals surface area contributed by atoms with Crippen molar-refractivity contribution < 1.29 is 19.6 Å². The molecule has 1 amide bonds. The minimum Gasteiger partial charge on any atom is -0.386 e. The zero-order valence-corrected chi connectivity index (χ0v) is 14.1. The highest BCUT2D eigenvalue weighted by atomic mass is 16.6. The number of benzene rings is 1. The maximum atomic E-state index is 12.3. The molecular weight excluding hydrogens is 326 g/mol. The van der Waals surface area contributed by atoms with Gasteiger partial charge in [0.15, 0.2) is 0 Å². The average Bonchev–Trinajstić information content (AvgIpc) is 3.07. The summed E-state index contributed by atoms with van der Waals surface area (Å²) in [5, 5.41) is 24.3. The maximum absolute atomic E-state index is 12.3. The lowest BCUT2D eigenvalue weighted by atomic mass is 10.0. The highest BCUT2D eigenvalue weighted by molar-refractivity contribution is 5.95. The van der Waals surface area contributed by atoms with Crippen molar-refractivity contribution in [1.82, 2.24) is 5.32 Å². The fourth-order valence-corrected chi connectivity index (χ4v) is 3.30. The van der Waals surface area contributed by atoms with Crippen LogP contribution in [0.5, 0.6) is 0 Å². The topological polar surface area (TPSA) is 105 Å². The summed E-state index contributed by atoms with van der Waals surface area (Å²) in [6.45, 7) is 2.29. The van der Waals surface area contributed by atoms with Crippen LogP contribution in [-0.2, 0) is 4.74 Å². The Bertz CT molecular complexity index is 652. The molecular formula is C17H23N3O5. The zero-order valence-electron chi connectivity index (χ0n) is 14.1. The van der Waals surface area contributed by atoms with Crippen molar-refractivity contribution in [3.63, 3.8) is 0 Å². The highest BCUT2D eigenvalue weighted by Crippen LogP contribution is 2.31. The smallest absolute Gasteiger partial charge is 0.293 e. The van der Waals surface area contributed by atoms with Crippen LogP contribution in [0.1, 0.15) is 36.0 Å². The summed E-state index contributed by atoms with van der Waals surface area (Å²) in [5.41, 5.74) is -0.341. The van der Waals surface area contributed by atoms with Gasteiger partial charge in [0.1, 0.15) is 11.3 Å². The number of nitro benzene ring substituents is 1. The van der Waals surface area contributed by atoms with Crippen LogP contribution in [0.2, 0.25) is 0 Å². The first-order valence-electron chi connectivity index (χ1n) is 8.60. The second-order valence-electron chi connectivity index (χ2n) is 6.72. The van der Waals surface area contributed by atoms with Crippen LogP contribution in [0, 0.1) is 10.1 Å². The van der Waals surface area contributed by atoms with Gasteiger partial charge in [-0.15, -0.1) is 0 Å². The number of rotatable bonds is 5. The molecule has 0 aliphatic carbocycles. The van der Waals surface area contributed by atoms with Crippen molar-refractivity contribution in [2.75, 3.05) is 37.7 Å². The van der Waals surface area contributed by atoms with Gasteiger partial charge in [-0.25, -0.2) is 0 Å². The summed E-state index contributed by atoms with van der Waals surface area (Å²) in [4.78, 5) is 25.3. The first-order valence-corrected chi connectivity index (χ1v) is 8.60. The number of nitro groups is 1. The zero-order chi connectivity index (χ0) is 17.9. The molecule has 25 heavy (non-hydrogen) atoms. The van der Waals surface area contributed by atoms with E-state index in [-0.39, 0.29) is 24.4 Å². The van der Waals surface area contributed by atoms with Crippen LogP contribution in [0.15, 0.2) is 18.2 Å². The third kappa shape index (κ3) is 4.08. The average molecular weight is 349 g/mol. The van der Waals surface area contributed by atoms with E-state index < -0.39 is 16.4 Å². The van der Waals surface area contributed by atoms with E-state index in [2.05, 4.69) is 5.32 Å². The van der Waals surface area contributed by atoms with Crippen LogP contribution in [0.3, 0.4) is 0 Å². The van der Waals surface area contributed by atoms with E-state index >= 15 is 0 Å². The van der Waals surface area contributed by atoms with Gasteiger partial charge >= 0.3 is 0 Å². The van der Waals surface area contributed by atoms with Crippen molar-refractivity contribution in [3.8, 4) is 0 Å². The summed E-state index contributed by atoms with van der Waals surface area (Å²) in [6, 6.07) is 4.56. The molecule has 0 radical (unpaired) electrons. The van der Waals surface area contributed by atoms with Crippen molar-refractivity contribution in [1.29, 1.82) is 0 Å². The maximum Gasteiger partial charge on any atom is 0.293 e. The number of hydrogen-bond acceptors (Lipinski definition) is 6. The highest BCUT2D eigenvalue weighted by Gasteiger charge is 2.33. The van der Waals surface area contributed by atoms with Gasteiger partial charge in [0, 0.05) is 44.3 Å². The van der Waals surface area contributed by atoms with Gasteiger partial charge in [-0.2, -0.15) is 0 Å². The predicted octanol–water partition coefficient (Wildman–Crippen LogP) is 1.47. The van der Waals surface area contributed by atoms with Gasteiger partial charge in [-0.3, -0.25) is 14.9 Å². The lowest BCUT2D eigenvalue weighted by Gasteiger charge is -2.28. The molecule has 2 heterocycles. The monoisotopic (exact) mass is 349 g/mol. The van der Waals surface area contributed by atoms with Crippen LogP contribution >= 0.6 is 0 Å². The first-order chi connectivity index (χ1) is 12.0. The van der Waals surface area contributed by atoms with Gasteiger partial charge in [0.2, 0.25) is 0 Å². The number of anilines is 1. The molecule has 0 saturated carbocycles. The molecule has 2 saturated heterocycles. The SMILES string of the molecule is O=C(NCC1(O)CCOC1)c1ccc(N2CCCCC2)c([N+](=O)[O-])c1. The molecule has 0 bridgehead atoms. The van der Waals surface area contributed by atoms with Gasteiger partial charge in [-0.1, -0.05) is 0 Å². The van der Waals surface area contributed by atoms with E-state index in [0.29, 0.717) is 18.7 Å². The Labute approximate surface area is 145 Å². The summed E-state index contributed by atoms with van der Waals surface area (Å²) in [5.74, 6) is -0.436. The molecule has 3 rings (SSSR count). The third-order valence-electron chi connectivity index (χ3n) is 4.79. The molecule has 0 aromatic heterocycles. The molecule has 0 spiro atoms. The number of ether oxygens (including phenoxy) is 1. The quantitative estimate of drug-likeness (QED) is 0.616. The number of carbonyl (C=O) groups is 1. The molecule has 2 fully saturated rings. The summed E-state index contributed by atoms with van der Waals surface area (Å²) in [7, 11) is 0. The van der Waals surface area contributed by atoms with Crippen molar-refractivity contribution in [3.05, 3.63) is 33.9 Å². The fraction of sp³-hybridized carbons (Fsp3) is 0.588. The number of hydrogen-bond donors (Lipinski definition) is 2. The van der Waals surface area contributed by atoms with Crippen LogP contribution in [0.4, 0.5) is 11.4 Å². The number of nitrogens with zero attached hydrogens (tertiary/aromatic N) is 2. The number of aliphatic hydroxyl groups is 1. The summed E-state index contributed by atoms with van der Waals surface area (Å²) in [6.07, 6.45) is 3.62. The van der Waals surface area contributed by atoms with Crippen molar-refractivity contribution >= 4 is 17.3 Å². The number of nitrogens with one attached hydrogen (secondary N) is 1. The molecule has 2 aliphatic heterocycles. The molecule has 1 aromatic carbocycles. The molecule has 8 heteroatoms. The van der Waals surface area contributed by atoms with Crippen LogP contribution in [0.25, 0.3) is 0 Å². The molecule has 2 aliphatic rings. The first kappa shape index (κ1) is 17.6. The third-order valence-corrected chi connectivity index (χ3v) is 4.79. The summed E-state index contributed by atoms with van der Waals surface area (Å²) >= 11 is 0. The largest absolute Gasteiger partial charge is 0.386 e. The van der Waals surface area contributed by atoms with E-state index in [1.165, 1.54) is 6.07 Å². The Hall–Kier alpha value is -2.19. The number of amides is 1. The van der Waals surface area contributed by atoms with E-state index in [9.17, 15) is 20.0 Å². The van der Waals surface area contributed by atoms with Gasteiger partial charge in [0.25, 0.3) is 11.6 Å². The molecule has 1 aromatic rings. The molecule has 1 unspecified atom stereocenters. The number of carbonyl (C=O) groups excluding carboxylic acids is 1. The minimum absolute atomic E-state index is 0.0579. The molecule has 2 N–H and O–H groups in total. The Morgan fingerprint density at radius 3 is 2.76 bits per heavy atom. The van der Waals surface area contributed by atoms with Crippen molar-refractivity contribution in [2.24, 2.45) is 0 Å². The second kappa shape index (κ2) is 7.37. The van der Waals surface area contributed by atoms with E-state index in [0.717, 1.165) is 32.4 Å². The lowest BCUT2D eigenvalue weighted by Crippen LogP contribution is -2.43. The van der Waals surface area contributed by atoms with Crippen molar-refractivity contribution in [2.45, 2.75) is 31.3 Å². The Balaban J connectivity index is 1.74. The van der Waals surface area contributed by atoms with E-state index in [4.69, 9.17) is 4.74 Å². The van der Waals surface area contributed by atoms with Crippen LogP contribution in [-0.4, -0.2) is 54.4 Å². The van der Waals surface area contributed by atoms with Crippen LogP contribution < -0.4 is 10.2 Å². The Morgan fingerprint density at radius 1 is 1.36 bits per heavy atom. The number of piperidine rings is 1. The second-order valence-corrected chi connectivity index (χ2v) is 6.72. The Morgan fingerprint density at radius 2 is 2.12 bits per heavy atom. The normalized spacial score (nSPS) is 23.5. The lowest BCUT2D eigenvalue weighted by molar-refractivity contribution is -0.384. The molecule has 136 valence electrons. The van der Waals surface area contributed by atoms with E-state index in [1.54, 1.807) is 12.1 Å². The Kier molecular flexibility index (Phi) is 5.19. The fourth-order valence-electron chi connectivity index (χ4n) is 3.30. The van der Waals surface area contributed by atoms with Gasteiger partial charge < -0.3 is 20.1 Å². The predicted molar refractivity (Wildman–Crippen MR) is 91.9 cm³/mol. The van der Waals surface area contributed by atoms with Gasteiger partial charge in [0.05, 0.1) is 11.5 Å². The van der Waals surface area contributed by atoms with Gasteiger partial charge in [-0.05, 0) is 31.4 Å². The standard InChI is InChI=1S/C17H23N3O5/c21-16(18-11-17(22)6-9-25-12-17)13-4-5-14(15(10-13)20(23)24)19-7-2-1-3-8-19/h4-5,10,22H,1-3,6-9,11-12H2,(H,18,21). The van der Waals surface area contributed by atoms with E-state index in [1.807, 2.05) is 4.90 Å².